The Morgan fingerprint density at radius 3 is 2.27 bits per heavy atom. The highest BCUT2D eigenvalue weighted by molar-refractivity contribution is 5.91. The third kappa shape index (κ3) is 4.74. The fourth-order valence-electron chi connectivity index (χ4n) is 3.69. The lowest BCUT2D eigenvalue weighted by Gasteiger charge is -2.32. The molecular weight excluding hydrogens is 338 g/mol. The van der Waals surface area contributed by atoms with Gasteiger partial charge in [0.2, 0.25) is 17.7 Å². The van der Waals surface area contributed by atoms with Gasteiger partial charge in [0.1, 0.15) is 6.04 Å². The van der Waals surface area contributed by atoms with Gasteiger partial charge in [-0.2, -0.15) is 0 Å². The summed E-state index contributed by atoms with van der Waals surface area (Å²) in [5.41, 5.74) is 0. The molecule has 0 saturated carbocycles. The molecule has 2 rings (SSSR count). The van der Waals surface area contributed by atoms with Crippen molar-refractivity contribution in [2.75, 3.05) is 33.2 Å². The highest BCUT2D eigenvalue weighted by Gasteiger charge is 2.36. The molecule has 0 aliphatic carbocycles. The number of hydrogen-bond donors (Lipinski definition) is 1. The summed E-state index contributed by atoms with van der Waals surface area (Å²) < 4.78 is 0. The van der Waals surface area contributed by atoms with Crippen LogP contribution in [0.3, 0.4) is 0 Å². The van der Waals surface area contributed by atoms with Crippen molar-refractivity contribution in [3.63, 3.8) is 0 Å². The van der Waals surface area contributed by atoms with Gasteiger partial charge < -0.3 is 19.8 Å². The van der Waals surface area contributed by atoms with Gasteiger partial charge in [-0.05, 0) is 32.1 Å². The molecule has 0 aromatic rings. The first kappa shape index (κ1) is 20.2. The van der Waals surface area contributed by atoms with Gasteiger partial charge in [-0.15, -0.1) is 0 Å². The summed E-state index contributed by atoms with van der Waals surface area (Å²) in [4.78, 5) is 53.0. The number of carbonyl (C=O) groups is 4. The standard InChI is InChI=1S/C18H29N3O5/c1-3-5-15(22)21-9-4-6-14(21)17(24)19(2)12-16(23)20-10-7-13(8-11-20)18(25)26/h13-14H,3-12H2,1-2H3,(H,25,26). The Morgan fingerprint density at radius 2 is 1.69 bits per heavy atom. The van der Waals surface area contributed by atoms with Gasteiger partial charge in [0.25, 0.3) is 0 Å². The first-order chi connectivity index (χ1) is 12.3. The SMILES string of the molecule is CCCC(=O)N1CCCC1C(=O)N(C)CC(=O)N1CCC(C(=O)O)CC1. The monoisotopic (exact) mass is 367 g/mol. The fraction of sp³-hybridized carbons (Fsp3) is 0.778. The quantitative estimate of drug-likeness (QED) is 0.740. The molecule has 2 saturated heterocycles. The van der Waals surface area contributed by atoms with E-state index in [1.807, 2.05) is 6.92 Å². The van der Waals surface area contributed by atoms with Gasteiger partial charge in [-0.1, -0.05) is 6.92 Å². The van der Waals surface area contributed by atoms with Crippen LogP contribution < -0.4 is 0 Å². The lowest BCUT2D eigenvalue weighted by Crippen LogP contribution is -2.50. The fourth-order valence-corrected chi connectivity index (χ4v) is 3.69. The number of likely N-dealkylation sites (N-methyl/N-ethyl adjacent to an activating group) is 1. The van der Waals surface area contributed by atoms with E-state index >= 15 is 0 Å². The Bertz CT molecular complexity index is 557. The zero-order valence-corrected chi connectivity index (χ0v) is 15.6. The molecule has 3 amide bonds. The maximum atomic E-state index is 12.7. The van der Waals surface area contributed by atoms with E-state index in [4.69, 9.17) is 5.11 Å². The number of amides is 3. The molecule has 0 radical (unpaired) electrons. The van der Waals surface area contributed by atoms with E-state index < -0.39 is 17.9 Å². The molecular formula is C18H29N3O5. The van der Waals surface area contributed by atoms with Crippen LogP contribution in [-0.4, -0.2) is 82.8 Å². The maximum Gasteiger partial charge on any atom is 0.306 e. The molecule has 26 heavy (non-hydrogen) atoms. The molecule has 146 valence electrons. The minimum atomic E-state index is -0.817. The van der Waals surface area contributed by atoms with E-state index in [1.54, 1.807) is 16.8 Å². The zero-order valence-electron chi connectivity index (χ0n) is 15.6. The molecule has 0 aromatic carbocycles. The molecule has 0 spiro atoms. The van der Waals surface area contributed by atoms with Crippen LogP contribution >= 0.6 is 0 Å². The minimum Gasteiger partial charge on any atom is -0.481 e. The molecule has 2 heterocycles. The number of aliphatic carboxylic acids is 1. The van der Waals surface area contributed by atoms with Crippen LogP contribution in [-0.2, 0) is 19.2 Å². The number of rotatable bonds is 6. The zero-order chi connectivity index (χ0) is 19.3. The lowest BCUT2D eigenvalue weighted by atomic mass is 9.97. The van der Waals surface area contributed by atoms with Crippen LogP contribution in [0.4, 0.5) is 0 Å². The molecule has 2 aliphatic heterocycles. The molecule has 8 nitrogen and oxygen atoms in total. The average Bonchev–Trinajstić information content (AvgIpc) is 3.11. The second-order valence-corrected chi connectivity index (χ2v) is 7.18. The van der Waals surface area contributed by atoms with Crippen LogP contribution in [0.5, 0.6) is 0 Å². The number of carbonyl (C=O) groups excluding carboxylic acids is 3. The number of piperidine rings is 1. The van der Waals surface area contributed by atoms with Crippen molar-refractivity contribution >= 4 is 23.7 Å². The van der Waals surface area contributed by atoms with Crippen molar-refractivity contribution in [1.82, 2.24) is 14.7 Å². The second-order valence-electron chi connectivity index (χ2n) is 7.18. The number of likely N-dealkylation sites (tertiary alicyclic amines) is 2. The number of hydrogen-bond acceptors (Lipinski definition) is 4. The van der Waals surface area contributed by atoms with Gasteiger partial charge in [0, 0.05) is 33.1 Å². The molecule has 2 fully saturated rings. The van der Waals surface area contributed by atoms with Crippen molar-refractivity contribution in [3.05, 3.63) is 0 Å². The summed E-state index contributed by atoms with van der Waals surface area (Å²) >= 11 is 0. The molecule has 0 bridgehead atoms. The van der Waals surface area contributed by atoms with E-state index in [9.17, 15) is 19.2 Å². The smallest absolute Gasteiger partial charge is 0.306 e. The summed E-state index contributed by atoms with van der Waals surface area (Å²) in [5, 5.41) is 9.02. The number of carboxylic acids is 1. The summed E-state index contributed by atoms with van der Waals surface area (Å²) in [6.45, 7) is 3.30. The summed E-state index contributed by atoms with van der Waals surface area (Å²) in [6, 6.07) is -0.468. The molecule has 1 unspecified atom stereocenters. The third-order valence-electron chi connectivity index (χ3n) is 5.27. The van der Waals surface area contributed by atoms with E-state index in [1.165, 1.54) is 4.90 Å². The van der Waals surface area contributed by atoms with Gasteiger partial charge in [0.05, 0.1) is 12.5 Å². The second kappa shape index (κ2) is 9.00. The van der Waals surface area contributed by atoms with Gasteiger partial charge in [0.15, 0.2) is 0 Å². The largest absolute Gasteiger partial charge is 0.481 e. The Hall–Kier alpha value is -2.12. The summed E-state index contributed by atoms with van der Waals surface area (Å²) in [5.74, 6) is -1.58. The summed E-state index contributed by atoms with van der Waals surface area (Å²) in [7, 11) is 1.59. The van der Waals surface area contributed by atoms with Crippen LogP contribution in [0.15, 0.2) is 0 Å². The van der Waals surface area contributed by atoms with Crippen molar-refractivity contribution in [2.24, 2.45) is 5.92 Å². The van der Waals surface area contributed by atoms with Gasteiger partial charge >= 0.3 is 5.97 Å². The predicted octanol–water partition coefficient (Wildman–Crippen LogP) is 0.559. The van der Waals surface area contributed by atoms with Gasteiger partial charge in [-0.3, -0.25) is 19.2 Å². The van der Waals surface area contributed by atoms with Crippen LogP contribution in [0, 0.1) is 5.92 Å². The number of carboxylic acid groups (broad SMARTS) is 1. The van der Waals surface area contributed by atoms with E-state index in [2.05, 4.69) is 0 Å². The van der Waals surface area contributed by atoms with E-state index in [-0.39, 0.29) is 24.3 Å². The van der Waals surface area contributed by atoms with Crippen molar-refractivity contribution in [3.8, 4) is 0 Å². The molecule has 8 heteroatoms. The molecule has 1 atom stereocenters. The average molecular weight is 367 g/mol. The summed E-state index contributed by atoms with van der Waals surface area (Å²) in [6.07, 6.45) is 3.51. The first-order valence-electron chi connectivity index (χ1n) is 9.40. The molecule has 1 N–H and O–H groups in total. The predicted molar refractivity (Wildman–Crippen MR) is 94.2 cm³/mol. The van der Waals surface area contributed by atoms with E-state index in [0.29, 0.717) is 45.3 Å². The van der Waals surface area contributed by atoms with Crippen LogP contribution in [0.25, 0.3) is 0 Å². The number of nitrogens with zero attached hydrogens (tertiary/aromatic N) is 3. The Kier molecular flexibility index (Phi) is 6.99. The van der Waals surface area contributed by atoms with Crippen molar-refractivity contribution < 1.29 is 24.3 Å². The third-order valence-corrected chi connectivity index (χ3v) is 5.27. The normalized spacial score (nSPS) is 20.9. The highest BCUT2D eigenvalue weighted by atomic mass is 16.4. The van der Waals surface area contributed by atoms with Crippen LogP contribution in [0.1, 0.15) is 45.4 Å². The van der Waals surface area contributed by atoms with Crippen molar-refractivity contribution in [1.29, 1.82) is 0 Å². The molecule has 2 aliphatic rings. The Balaban J connectivity index is 1.87. The topological polar surface area (TPSA) is 98.2 Å². The lowest BCUT2D eigenvalue weighted by molar-refractivity contribution is -0.148. The molecule has 0 aromatic heterocycles. The Morgan fingerprint density at radius 1 is 1.04 bits per heavy atom. The highest BCUT2D eigenvalue weighted by Crippen LogP contribution is 2.21. The minimum absolute atomic E-state index is 0.00109. The first-order valence-corrected chi connectivity index (χ1v) is 9.40. The maximum absolute atomic E-state index is 12.7. The van der Waals surface area contributed by atoms with Crippen LogP contribution in [0.2, 0.25) is 0 Å². The van der Waals surface area contributed by atoms with Crippen molar-refractivity contribution in [2.45, 2.75) is 51.5 Å². The van der Waals surface area contributed by atoms with Gasteiger partial charge in [-0.25, -0.2) is 0 Å². The Labute approximate surface area is 154 Å². The van der Waals surface area contributed by atoms with E-state index in [0.717, 1.165) is 12.8 Å².